The Morgan fingerprint density at radius 3 is 2.80 bits per heavy atom. The maximum absolute atomic E-state index is 12.4. The number of furan rings is 1. The highest BCUT2D eigenvalue weighted by molar-refractivity contribution is 6.00. The van der Waals surface area contributed by atoms with Gasteiger partial charge in [0.25, 0.3) is 5.91 Å². The van der Waals surface area contributed by atoms with Crippen molar-refractivity contribution in [2.75, 3.05) is 5.32 Å². The zero-order valence-electron chi connectivity index (χ0n) is 15.9. The molecule has 1 atom stereocenters. The number of nitrogens with zero attached hydrogens (tertiary/aromatic N) is 3. The van der Waals surface area contributed by atoms with Crippen LogP contribution in [0.15, 0.2) is 59.5 Å². The molecule has 0 aliphatic heterocycles. The Labute approximate surface area is 170 Å². The van der Waals surface area contributed by atoms with Crippen LogP contribution in [-0.2, 0) is 16.1 Å². The first-order valence-electron chi connectivity index (χ1n) is 9.02. The molecule has 3 heterocycles. The highest BCUT2D eigenvalue weighted by Crippen LogP contribution is 2.17. The molecule has 4 rings (SSSR count). The lowest BCUT2D eigenvalue weighted by atomic mass is 10.3. The molecule has 0 saturated carbocycles. The molecule has 10 nitrogen and oxygen atoms in total. The lowest BCUT2D eigenvalue weighted by molar-refractivity contribution is -0.123. The van der Waals surface area contributed by atoms with Crippen LogP contribution in [0.3, 0.4) is 0 Å². The number of imidazole rings is 1. The van der Waals surface area contributed by atoms with Crippen LogP contribution in [0, 0.1) is 0 Å². The second-order valence-electron chi connectivity index (χ2n) is 6.23. The molecule has 3 aromatic heterocycles. The summed E-state index contributed by atoms with van der Waals surface area (Å²) in [5.41, 5.74) is 0.879. The van der Waals surface area contributed by atoms with Gasteiger partial charge in [0.1, 0.15) is 30.0 Å². The van der Waals surface area contributed by atoms with E-state index >= 15 is 0 Å². The van der Waals surface area contributed by atoms with E-state index < -0.39 is 18.0 Å². The summed E-state index contributed by atoms with van der Waals surface area (Å²) in [5.74, 6) is 0.0168. The quantitative estimate of drug-likeness (QED) is 0.447. The number of aromatic nitrogens is 4. The van der Waals surface area contributed by atoms with Crippen molar-refractivity contribution >= 4 is 28.9 Å². The van der Waals surface area contributed by atoms with Crippen molar-refractivity contribution in [3.63, 3.8) is 0 Å². The van der Waals surface area contributed by atoms with Gasteiger partial charge in [0, 0.05) is 0 Å². The predicted molar refractivity (Wildman–Crippen MR) is 105 cm³/mol. The highest BCUT2D eigenvalue weighted by atomic mass is 16.6. The molecule has 4 aromatic rings. The molecule has 0 bridgehead atoms. The first kappa shape index (κ1) is 19.1. The number of hydrogen-bond donors (Lipinski definition) is 2. The Balaban J connectivity index is 1.33. The van der Waals surface area contributed by atoms with Crippen molar-refractivity contribution in [1.29, 1.82) is 0 Å². The number of hydrogen-bond acceptors (Lipinski definition) is 8. The fourth-order valence-electron chi connectivity index (χ4n) is 2.59. The van der Waals surface area contributed by atoms with Crippen molar-refractivity contribution in [2.45, 2.75) is 19.6 Å². The largest absolute Gasteiger partial charge is 0.486 e. The smallest absolute Gasteiger partial charge is 0.375 e. The molecule has 1 unspecified atom stereocenters. The van der Waals surface area contributed by atoms with E-state index in [-0.39, 0.29) is 18.2 Å². The third kappa shape index (κ3) is 4.27. The average molecular weight is 407 g/mol. The molecule has 1 amide bonds. The van der Waals surface area contributed by atoms with Crippen molar-refractivity contribution in [3.05, 3.63) is 66.6 Å². The lowest BCUT2D eigenvalue weighted by Gasteiger charge is -2.12. The summed E-state index contributed by atoms with van der Waals surface area (Å²) >= 11 is 0. The number of ether oxygens (including phenoxy) is 2. The first-order chi connectivity index (χ1) is 14.6. The Kier molecular flexibility index (Phi) is 5.37. The molecule has 2 N–H and O–H groups in total. The predicted octanol–water partition coefficient (Wildman–Crippen LogP) is 2.71. The molecule has 0 aliphatic carbocycles. The Hall–Kier alpha value is -4.21. The van der Waals surface area contributed by atoms with E-state index in [0.717, 1.165) is 0 Å². The number of H-pyrrole nitrogens is 1. The van der Waals surface area contributed by atoms with Crippen LogP contribution >= 0.6 is 0 Å². The Bertz CT molecular complexity index is 1170. The van der Waals surface area contributed by atoms with Crippen LogP contribution in [0.1, 0.15) is 23.2 Å². The van der Waals surface area contributed by atoms with Gasteiger partial charge in [0.15, 0.2) is 17.6 Å². The van der Waals surface area contributed by atoms with Gasteiger partial charge in [-0.25, -0.2) is 19.7 Å². The van der Waals surface area contributed by atoms with Crippen LogP contribution in [0.4, 0.5) is 5.82 Å². The average Bonchev–Trinajstić information content (AvgIpc) is 3.43. The van der Waals surface area contributed by atoms with Crippen molar-refractivity contribution in [3.8, 4) is 5.75 Å². The zero-order chi connectivity index (χ0) is 20.9. The first-order valence-corrected chi connectivity index (χ1v) is 9.02. The number of amides is 1. The van der Waals surface area contributed by atoms with Crippen LogP contribution in [0.25, 0.3) is 11.2 Å². The summed E-state index contributed by atoms with van der Waals surface area (Å²) in [6.07, 6.45) is 1.63. The van der Waals surface area contributed by atoms with Gasteiger partial charge in [-0.2, -0.15) is 0 Å². The second kappa shape index (κ2) is 8.43. The number of para-hydroxylation sites is 1. The maximum Gasteiger partial charge on any atom is 0.375 e. The van der Waals surface area contributed by atoms with Gasteiger partial charge in [-0.1, -0.05) is 18.2 Å². The molecule has 1 aromatic carbocycles. The van der Waals surface area contributed by atoms with E-state index in [1.54, 1.807) is 6.07 Å². The normalized spacial score (nSPS) is 11.8. The molecule has 0 radical (unpaired) electrons. The molecule has 0 spiro atoms. The monoisotopic (exact) mass is 407 g/mol. The fraction of sp³-hybridized carbons (Fsp3) is 0.150. The molecule has 10 heteroatoms. The molecule has 0 saturated heterocycles. The van der Waals surface area contributed by atoms with E-state index in [1.165, 1.54) is 25.6 Å². The van der Waals surface area contributed by atoms with Crippen LogP contribution in [0.2, 0.25) is 0 Å². The number of esters is 1. The second-order valence-corrected chi connectivity index (χ2v) is 6.23. The SMILES string of the molecule is CC(OC(=O)c1ccc(COc2ccccc2)o1)C(=O)Nc1ncnc2nc[nH]c12. The fourth-order valence-corrected chi connectivity index (χ4v) is 2.59. The topological polar surface area (TPSA) is 132 Å². The van der Waals surface area contributed by atoms with Gasteiger partial charge in [-0.05, 0) is 31.2 Å². The van der Waals surface area contributed by atoms with Crippen molar-refractivity contribution < 1.29 is 23.5 Å². The number of carbonyl (C=O) groups excluding carboxylic acids is 2. The van der Waals surface area contributed by atoms with E-state index in [2.05, 4.69) is 25.3 Å². The third-order valence-electron chi connectivity index (χ3n) is 4.10. The van der Waals surface area contributed by atoms with E-state index in [4.69, 9.17) is 13.9 Å². The minimum Gasteiger partial charge on any atom is -0.486 e. The number of benzene rings is 1. The number of fused-ring (bicyclic) bond motifs is 1. The minimum atomic E-state index is -1.08. The van der Waals surface area contributed by atoms with Crippen molar-refractivity contribution in [2.24, 2.45) is 0 Å². The number of aromatic amines is 1. The summed E-state index contributed by atoms with van der Waals surface area (Å²) in [6.45, 7) is 1.60. The number of rotatable bonds is 7. The molecule has 152 valence electrons. The molecule has 30 heavy (non-hydrogen) atoms. The van der Waals surface area contributed by atoms with Gasteiger partial charge < -0.3 is 24.2 Å². The summed E-state index contributed by atoms with van der Waals surface area (Å²) in [7, 11) is 0. The van der Waals surface area contributed by atoms with Crippen LogP contribution < -0.4 is 10.1 Å². The van der Waals surface area contributed by atoms with E-state index in [1.807, 2.05) is 30.3 Å². The Morgan fingerprint density at radius 2 is 1.97 bits per heavy atom. The van der Waals surface area contributed by atoms with Crippen molar-refractivity contribution in [1.82, 2.24) is 19.9 Å². The van der Waals surface area contributed by atoms with Gasteiger partial charge in [-0.15, -0.1) is 0 Å². The number of anilines is 1. The number of nitrogens with one attached hydrogen (secondary N) is 2. The molecular formula is C20H17N5O5. The molecule has 0 aliphatic rings. The highest BCUT2D eigenvalue weighted by Gasteiger charge is 2.22. The minimum absolute atomic E-state index is 0.0284. The standard InChI is InChI=1S/C20H17N5O5/c1-12(19(26)25-18-16-17(22-10-21-16)23-11-24-18)29-20(27)15-8-7-14(30-15)9-28-13-5-3-2-4-6-13/h2-8,10-12H,9H2,1H3,(H2,21,22,23,24,25,26). The summed E-state index contributed by atoms with van der Waals surface area (Å²) in [4.78, 5) is 39.5. The van der Waals surface area contributed by atoms with Crippen LogP contribution in [0.5, 0.6) is 5.75 Å². The summed E-state index contributed by atoms with van der Waals surface area (Å²) < 4.78 is 16.2. The lowest BCUT2D eigenvalue weighted by Crippen LogP contribution is -2.30. The molecule has 0 fully saturated rings. The summed E-state index contributed by atoms with van der Waals surface area (Å²) in [6, 6.07) is 12.3. The zero-order valence-corrected chi connectivity index (χ0v) is 15.9. The van der Waals surface area contributed by atoms with Crippen LogP contribution in [-0.4, -0.2) is 37.9 Å². The van der Waals surface area contributed by atoms with Gasteiger partial charge in [0.2, 0.25) is 5.76 Å². The van der Waals surface area contributed by atoms with Gasteiger partial charge in [0.05, 0.1) is 6.33 Å². The van der Waals surface area contributed by atoms with Gasteiger partial charge >= 0.3 is 5.97 Å². The van der Waals surface area contributed by atoms with E-state index in [0.29, 0.717) is 22.7 Å². The number of carbonyl (C=O) groups is 2. The van der Waals surface area contributed by atoms with E-state index in [9.17, 15) is 9.59 Å². The van der Waals surface area contributed by atoms with Gasteiger partial charge in [-0.3, -0.25) is 4.79 Å². The molecular weight excluding hydrogens is 390 g/mol. The third-order valence-corrected chi connectivity index (χ3v) is 4.10. The Morgan fingerprint density at radius 1 is 1.13 bits per heavy atom. The maximum atomic E-state index is 12.4. The summed E-state index contributed by atoms with van der Waals surface area (Å²) in [5, 5.41) is 2.58.